The van der Waals surface area contributed by atoms with Gasteiger partial charge in [-0.1, -0.05) is 12.1 Å². The summed E-state index contributed by atoms with van der Waals surface area (Å²) in [6.45, 7) is 1.26. The second kappa shape index (κ2) is 3.63. The number of sulfone groups is 1. The van der Waals surface area contributed by atoms with E-state index in [9.17, 15) is 12.8 Å². The summed E-state index contributed by atoms with van der Waals surface area (Å²) in [5, 5.41) is 8.91. The minimum atomic E-state index is -3.61. The van der Waals surface area contributed by atoms with E-state index in [0.717, 1.165) is 12.3 Å². The molecule has 3 nitrogen and oxygen atoms in total. The van der Waals surface area contributed by atoms with E-state index in [-0.39, 0.29) is 5.56 Å². The lowest BCUT2D eigenvalue weighted by Gasteiger charge is -2.19. The maximum Gasteiger partial charge on any atom is 0.180 e. The lowest BCUT2D eigenvalue weighted by atomic mass is 10.0. The standard InChI is InChI=1S/C10H10FNO2S/c1-10(7-12,15(2,13)14)8-4-3-5-9(11)6-8/h3-6H,1-2H3. The van der Waals surface area contributed by atoms with E-state index in [2.05, 4.69) is 0 Å². The summed E-state index contributed by atoms with van der Waals surface area (Å²) in [6.07, 6.45) is 0.959. The Kier molecular flexibility index (Phi) is 2.82. The first-order chi connectivity index (χ1) is 6.81. The van der Waals surface area contributed by atoms with E-state index < -0.39 is 20.4 Å². The summed E-state index contributed by atoms with van der Waals surface area (Å²) in [6, 6.07) is 6.77. The van der Waals surface area contributed by atoms with Crippen molar-refractivity contribution in [1.29, 1.82) is 5.26 Å². The van der Waals surface area contributed by atoms with Gasteiger partial charge in [-0.15, -0.1) is 0 Å². The van der Waals surface area contributed by atoms with Crippen LogP contribution in [0.15, 0.2) is 24.3 Å². The lowest BCUT2D eigenvalue weighted by Crippen LogP contribution is -2.30. The van der Waals surface area contributed by atoms with Gasteiger partial charge in [0.15, 0.2) is 14.6 Å². The zero-order valence-electron chi connectivity index (χ0n) is 8.36. The Labute approximate surface area is 88.1 Å². The SMILES string of the molecule is CC(C#N)(c1cccc(F)c1)S(C)(=O)=O. The molecule has 0 aliphatic heterocycles. The van der Waals surface area contributed by atoms with Crippen LogP contribution in [0.4, 0.5) is 4.39 Å². The highest BCUT2D eigenvalue weighted by atomic mass is 32.2. The largest absolute Gasteiger partial charge is 0.227 e. The van der Waals surface area contributed by atoms with Crippen molar-refractivity contribution in [1.82, 2.24) is 0 Å². The summed E-state index contributed by atoms with van der Waals surface area (Å²) in [4.78, 5) is 0. The molecule has 1 atom stereocenters. The molecular formula is C10H10FNO2S. The highest BCUT2D eigenvalue weighted by molar-refractivity contribution is 7.91. The van der Waals surface area contributed by atoms with E-state index in [1.807, 2.05) is 0 Å². The van der Waals surface area contributed by atoms with Gasteiger partial charge in [0.25, 0.3) is 0 Å². The molecule has 0 aliphatic carbocycles. The van der Waals surface area contributed by atoms with Gasteiger partial charge in [-0.2, -0.15) is 5.26 Å². The van der Waals surface area contributed by atoms with Crippen LogP contribution in [-0.4, -0.2) is 14.7 Å². The Morgan fingerprint density at radius 3 is 2.47 bits per heavy atom. The second-order valence-corrected chi connectivity index (χ2v) is 5.79. The average Bonchev–Trinajstić information content (AvgIpc) is 2.14. The molecule has 0 saturated carbocycles. The minimum Gasteiger partial charge on any atom is -0.227 e. The monoisotopic (exact) mass is 227 g/mol. The summed E-state index contributed by atoms with van der Waals surface area (Å²) in [5.41, 5.74) is 0.146. The first-order valence-corrected chi connectivity index (χ1v) is 6.07. The summed E-state index contributed by atoms with van der Waals surface area (Å²) in [7, 11) is -3.61. The molecule has 0 aliphatic rings. The van der Waals surface area contributed by atoms with Crippen molar-refractivity contribution in [2.45, 2.75) is 11.7 Å². The van der Waals surface area contributed by atoms with Gasteiger partial charge in [0.1, 0.15) is 5.82 Å². The highest BCUT2D eigenvalue weighted by Gasteiger charge is 2.38. The van der Waals surface area contributed by atoms with Crippen LogP contribution in [0.2, 0.25) is 0 Å². The van der Waals surface area contributed by atoms with Crippen molar-refractivity contribution in [3.63, 3.8) is 0 Å². The van der Waals surface area contributed by atoms with Crippen molar-refractivity contribution >= 4 is 9.84 Å². The van der Waals surface area contributed by atoms with Crippen LogP contribution in [0, 0.1) is 17.1 Å². The fourth-order valence-corrected chi connectivity index (χ4v) is 1.87. The third-order valence-electron chi connectivity index (χ3n) is 2.33. The number of rotatable bonds is 2. The van der Waals surface area contributed by atoms with Gasteiger partial charge in [-0.05, 0) is 24.6 Å². The van der Waals surface area contributed by atoms with Crippen molar-refractivity contribution in [2.24, 2.45) is 0 Å². The van der Waals surface area contributed by atoms with Crippen LogP contribution in [0.3, 0.4) is 0 Å². The Bertz CT molecular complexity index is 518. The van der Waals surface area contributed by atoms with Crippen LogP contribution in [-0.2, 0) is 14.6 Å². The molecule has 0 bridgehead atoms. The number of hydrogen-bond acceptors (Lipinski definition) is 3. The van der Waals surface area contributed by atoms with E-state index in [1.54, 1.807) is 6.07 Å². The van der Waals surface area contributed by atoms with E-state index in [0.29, 0.717) is 0 Å². The van der Waals surface area contributed by atoms with Gasteiger partial charge < -0.3 is 0 Å². The Hall–Kier alpha value is -1.41. The van der Waals surface area contributed by atoms with Gasteiger partial charge in [0.2, 0.25) is 0 Å². The molecule has 0 N–H and O–H groups in total. The van der Waals surface area contributed by atoms with E-state index in [1.165, 1.54) is 25.1 Å². The molecule has 5 heteroatoms. The van der Waals surface area contributed by atoms with Crippen LogP contribution < -0.4 is 0 Å². The molecule has 1 unspecified atom stereocenters. The molecular weight excluding hydrogens is 217 g/mol. The zero-order chi connectivity index (χ0) is 11.7. The topological polar surface area (TPSA) is 57.9 Å². The predicted molar refractivity (Wildman–Crippen MR) is 54.2 cm³/mol. The molecule has 15 heavy (non-hydrogen) atoms. The summed E-state index contributed by atoms with van der Waals surface area (Å²) >= 11 is 0. The molecule has 80 valence electrons. The normalized spacial score (nSPS) is 15.3. The van der Waals surface area contributed by atoms with Gasteiger partial charge in [-0.25, -0.2) is 12.8 Å². The summed E-state index contributed by atoms with van der Waals surface area (Å²) in [5.74, 6) is -0.558. The Balaban J connectivity index is 3.45. The molecule has 1 rings (SSSR count). The molecule has 0 fully saturated rings. The quantitative estimate of drug-likeness (QED) is 0.771. The minimum absolute atomic E-state index is 0.146. The third kappa shape index (κ3) is 2.00. The smallest absolute Gasteiger partial charge is 0.180 e. The number of nitriles is 1. The molecule has 1 aromatic carbocycles. The zero-order valence-corrected chi connectivity index (χ0v) is 9.18. The highest BCUT2D eigenvalue weighted by Crippen LogP contribution is 2.28. The Morgan fingerprint density at radius 1 is 1.47 bits per heavy atom. The van der Waals surface area contributed by atoms with Gasteiger partial charge >= 0.3 is 0 Å². The maximum atomic E-state index is 12.9. The average molecular weight is 227 g/mol. The lowest BCUT2D eigenvalue weighted by molar-refractivity contribution is 0.575. The molecule has 0 spiro atoms. The number of hydrogen-bond donors (Lipinski definition) is 0. The molecule has 0 heterocycles. The number of halogens is 1. The summed E-state index contributed by atoms with van der Waals surface area (Å²) < 4.78 is 34.1. The van der Waals surface area contributed by atoms with Gasteiger partial charge in [-0.3, -0.25) is 0 Å². The predicted octanol–water partition coefficient (Wildman–Crippen LogP) is 1.61. The fourth-order valence-electron chi connectivity index (χ4n) is 1.15. The van der Waals surface area contributed by atoms with E-state index >= 15 is 0 Å². The second-order valence-electron chi connectivity index (χ2n) is 3.43. The van der Waals surface area contributed by atoms with Crippen molar-refractivity contribution in [3.05, 3.63) is 35.6 Å². The number of benzene rings is 1. The fraction of sp³-hybridized carbons (Fsp3) is 0.300. The maximum absolute atomic E-state index is 12.9. The van der Waals surface area contributed by atoms with Crippen molar-refractivity contribution in [2.75, 3.05) is 6.26 Å². The first-order valence-electron chi connectivity index (χ1n) is 4.18. The Morgan fingerprint density at radius 2 is 2.07 bits per heavy atom. The third-order valence-corrected chi connectivity index (χ3v) is 4.14. The van der Waals surface area contributed by atoms with Crippen molar-refractivity contribution < 1.29 is 12.8 Å². The van der Waals surface area contributed by atoms with Crippen LogP contribution >= 0.6 is 0 Å². The molecule has 1 aromatic rings. The molecule has 0 saturated heterocycles. The number of nitrogens with zero attached hydrogens (tertiary/aromatic N) is 1. The van der Waals surface area contributed by atoms with Crippen LogP contribution in [0.25, 0.3) is 0 Å². The van der Waals surface area contributed by atoms with Crippen LogP contribution in [0.5, 0.6) is 0 Å². The van der Waals surface area contributed by atoms with Gasteiger partial charge in [0, 0.05) is 6.26 Å². The molecule has 0 aromatic heterocycles. The first kappa shape index (κ1) is 11.7. The van der Waals surface area contributed by atoms with Crippen LogP contribution in [0.1, 0.15) is 12.5 Å². The molecule has 0 radical (unpaired) electrons. The van der Waals surface area contributed by atoms with Crippen molar-refractivity contribution in [3.8, 4) is 6.07 Å². The molecule has 0 amide bonds. The van der Waals surface area contributed by atoms with Gasteiger partial charge in [0.05, 0.1) is 6.07 Å². The van der Waals surface area contributed by atoms with E-state index in [4.69, 9.17) is 5.26 Å².